The third-order valence-electron chi connectivity index (χ3n) is 4.26. The monoisotopic (exact) mass is 314 g/mol. The number of nitrogens with zero attached hydrogens (tertiary/aromatic N) is 3. The lowest BCUT2D eigenvalue weighted by Gasteiger charge is -2.23. The summed E-state index contributed by atoms with van der Waals surface area (Å²) in [6, 6.07) is 7.92. The van der Waals surface area contributed by atoms with Gasteiger partial charge in [-0.2, -0.15) is 5.10 Å². The third-order valence-corrected chi connectivity index (χ3v) is 4.26. The molecule has 122 valence electrons. The van der Waals surface area contributed by atoms with Crippen LogP contribution in [0.3, 0.4) is 0 Å². The van der Waals surface area contributed by atoms with Crippen LogP contribution in [0.1, 0.15) is 18.4 Å². The average Bonchev–Trinajstić information content (AvgIpc) is 3.21. The van der Waals surface area contributed by atoms with Gasteiger partial charge >= 0.3 is 6.03 Å². The summed E-state index contributed by atoms with van der Waals surface area (Å²) in [6.45, 7) is 1.22. The molecular formula is C17H22N4O2. The van der Waals surface area contributed by atoms with Gasteiger partial charge in [-0.3, -0.25) is 4.68 Å². The maximum absolute atomic E-state index is 12.2. The van der Waals surface area contributed by atoms with Gasteiger partial charge in [0.2, 0.25) is 0 Å². The van der Waals surface area contributed by atoms with Crippen LogP contribution in [-0.4, -0.2) is 45.0 Å². The smallest absolute Gasteiger partial charge is 0.317 e. The third kappa shape index (κ3) is 3.53. The van der Waals surface area contributed by atoms with Gasteiger partial charge in [0.1, 0.15) is 0 Å². The van der Waals surface area contributed by atoms with Gasteiger partial charge in [0.15, 0.2) is 0 Å². The molecule has 23 heavy (non-hydrogen) atoms. The molecule has 1 saturated heterocycles. The fourth-order valence-corrected chi connectivity index (χ4v) is 3.00. The van der Waals surface area contributed by atoms with Gasteiger partial charge in [-0.25, -0.2) is 4.79 Å². The Morgan fingerprint density at radius 1 is 1.43 bits per heavy atom. The molecule has 1 aromatic carbocycles. The number of aliphatic hydroxyl groups excluding tert-OH is 1. The lowest BCUT2D eigenvalue weighted by Crippen LogP contribution is -2.43. The van der Waals surface area contributed by atoms with Crippen molar-refractivity contribution in [2.75, 3.05) is 13.2 Å². The Labute approximate surface area is 135 Å². The second-order valence-corrected chi connectivity index (χ2v) is 5.93. The fourth-order valence-electron chi connectivity index (χ4n) is 3.00. The summed E-state index contributed by atoms with van der Waals surface area (Å²) in [5.41, 5.74) is 3.18. The quantitative estimate of drug-likeness (QED) is 0.903. The number of aromatic nitrogens is 2. The molecule has 1 atom stereocenters. The molecule has 0 saturated carbocycles. The minimum Gasteiger partial charge on any atom is -0.394 e. The maximum Gasteiger partial charge on any atom is 0.317 e. The summed E-state index contributed by atoms with van der Waals surface area (Å²) in [4.78, 5) is 14.0. The Morgan fingerprint density at radius 3 is 3.04 bits per heavy atom. The molecule has 6 heteroatoms. The summed E-state index contributed by atoms with van der Waals surface area (Å²) in [7, 11) is 1.89. The Hall–Kier alpha value is -2.34. The van der Waals surface area contributed by atoms with Crippen molar-refractivity contribution in [1.29, 1.82) is 0 Å². The molecule has 6 nitrogen and oxygen atoms in total. The first-order valence-corrected chi connectivity index (χ1v) is 7.90. The Balaban J connectivity index is 1.63. The van der Waals surface area contributed by atoms with Crippen LogP contribution >= 0.6 is 0 Å². The number of hydrogen-bond donors (Lipinski definition) is 2. The molecule has 1 aromatic heterocycles. The van der Waals surface area contributed by atoms with E-state index in [-0.39, 0.29) is 18.7 Å². The van der Waals surface area contributed by atoms with Crippen molar-refractivity contribution in [3.63, 3.8) is 0 Å². The highest BCUT2D eigenvalue weighted by molar-refractivity contribution is 5.75. The van der Waals surface area contributed by atoms with Crippen LogP contribution in [0.5, 0.6) is 0 Å². The summed E-state index contributed by atoms with van der Waals surface area (Å²) in [5.74, 6) is 0. The lowest BCUT2D eigenvalue weighted by molar-refractivity contribution is 0.157. The Morgan fingerprint density at radius 2 is 2.30 bits per heavy atom. The van der Waals surface area contributed by atoms with E-state index < -0.39 is 0 Å². The van der Waals surface area contributed by atoms with E-state index in [4.69, 9.17) is 0 Å². The van der Waals surface area contributed by atoms with E-state index >= 15 is 0 Å². The predicted octanol–water partition coefficient (Wildman–Crippen LogP) is 1.75. The van der Waals surface area contributed by atoms with Crippen LogP contribution in [-0.2, 0) is 13.6 Å². The molecule has 0 bridgehead atoms. The number of aryl methyl sites for hydroxylation is 1. The largest absolute Gasteiger partial charge is 0.394 e. The van der Waals surface area contributed by atoms with Crippen LogP contribution in [0.2, 0.25) is 0 Å². The van der Waals surface area contributed by atoms with Gasteiger partial charge in [0.25, 0.3) is 0 Å². The summed E-state index contributed by atoms with van der Waals surface area (Å²) in [6.07, 6.45) is 5.62. The van der Waals surface area contributed by atoms with E-state index in [1.54, 1.807) is 9.58 Å². The normalized spacial score (nSPS) is 17.5. The highest BCUT2D eigenvalue weighted by Crippen LogP contribution is 2.20. The Kier molecular flexibility index (Phi) is 4.62. The standard InChI is InChI=1S/C17H22N4O2/c1-20-11-15(10-19-20)14-5-2-4-13(8-14)9-18-17(23)21-7-3-6-16(21)12-22/h2,4-5,8,10-11,16,22H,3,6-7,9,12H2,1H3,(H,18,23). The van der Waals surface area contributed by atoms with Crippen molar-refractivity contribution in [1.82, 2.24) is 20.0 Å². The second kappa shape index (κ2) is 6.83. The summed E-state index contributed by atoms with van der Waals surface area (Å²) in [5, 5.41) is 16.4. The zero-order chi connectivity index (χ0) is 16.2. The molecule has 2 amide bonds. The first-order valence-electron chi connectivity index (χ1n) is 7.90. The van der Waals surface area contributed by atoms with Crippen molar-refractivity contribution >= 4 is 6.03 Å². The molecule has 1 unspecified atom stereocenters. The number of benzene rings is 1. The number of aliphatic hydroxyl groups is 1. The average molecular weight is 314 g/mol. The van der Waals surface area contributed by atoms with Crippen LogP contribution in [0.4, 0.5) is 4.79 Å². The number of carbonyl (C=O) groups excluding carboxylic acids is 1. The van der Waals surface area contributed by atoms with Gasteiger partial charge in [-0.15, -0.1) is 0 Å². The molecule has 2 N–H and O–H groups in total. The van der Waals surface area contributed by atoms with E-state index in [0.29, 0.717) is 13.1 Å². The SMILES string of the molecule is Cn1cc(-c2cccc(CNC(=O)N3CCCC3CO)c2)cn1. The van der Waals surface area contributed by atoms with Crippen molar-refractivity contribution in [3.05, 3.63) is 42.2 Å². The number of carbonyl (C=O) groups is 1. The maximum atomic E-state index is 12.2. The van der Waals surface area contributed by atoms with Crippen molar-refractivity contribution in [2.45, 2.75) is 25.4 Å². The van der Waals surface area contributed by atoms with Gasteiger partial charge < -0.3 is 15.3 Å². The van der Waals surface area contributed by atoms with E-state index in [1.807, 2.05) is 37.6 Å². The number of hydrogen-bond acceptors (Lipinski definition) is 3. The highest BCUT2D eigenvalue weighted by atomic mass is 16.3. The topological polar surface area (TPSA) is 70.4 Å². The number of amides is 2. The van der Waals surface area contributed by atoms with Crippen molar-refractivity contribution in [3.8, 4) is 11.1 Å². The minimum atomic E-state index is -0.103. The van der Waals surface area contributed by atoms with E-state index in [2.05, 4.69) is 16.5 Å². The lowest BCUT2D eigenvalue weighted by atomic mass is 10.1. The predicted molar refractivity (Wildman–Crippen MR) is 87.7 cm³/mol. The number of nitrogens with one attached hydrogen (secondary N) is 1. The van der Waals surface area contributed by atoms with Crippen molar-refractivity contribution in [2.24, 2.45) is 7.05 Å². The van der Waals surface area contributed by atoms with Gasteiger partial charge in [0.05, 0.1) is 18.8 Å². The number of likely N-dealkylation sites (tertiary alicyclic amines) is 1. The first kappa shape index (κ1) is 15.6. The zero-order valence-electron chi connectivity index (χ0n) is 13.3. The molecule has 0 radical (unpaired) electrons. The Bertz CT molecular complexity index is 683. The number of rotatable bonds is 4. The zero-order valence-corrected chi connectivity index (χ0v) is 13.3. The molecule has 2 heterocycles. The molecule has 3 rings (SSSR count). The molecule has 1 aliphatic rings. The molecular weight excluding hydrogens is 292 g/mol. The van der Waals surface area contributed by atoms with Gasteiger partial charge in [0, 0.05) is 31.9 Å². The molecule has 0 spiro atoms. The summed E-state index contributed by atoms with van der Waals surface area (Å²) < 4.78 is 1.77. The molecule has 1 aliphatic heterocycles. The van der Waals surface area contributed by atoms with Crippen LogP contribution < -0.4 is 5.32 Å². The van der Waals surface area contributed by atoms with Crippen molar-refractivity contribution < 1.29 is 9.90 Å². The van der Waals surface area contributed by atoms with E-state index in [0.717, 1.165) is 29.5 Å². The van der Waals surface area contributed by atoms with Crippen LogP contribution in [0, 0.1) is 0 Å². The van der Waals surface area contributed by atoms with Crippen LogP contribution in [0.15, 0.2) is 36.7 Å². The summed E-state index contributed by atoms with van der Waals surface area (Å²) >= 11 is 0. The van der Waals surface area contributed by atoms with E-state index in [9.17, 15) is 9.90 Å². The first-order chi connectivity index (χ1) is 11.2. The van der Waals surface area contributed by atoms with Gasteiger partial charge in [-0.1, -0.05) is 18.2 Å². The highest BCUT2D eigenvalue weighted by Gasteiger charge is 2.27. The van der Waals surface area contributed by atoms with Crippen LogP contribution in [0.25, 0.3) is 11.1 Å². The minimum absolute atomic E-state index is 0.0317. The fraction of sp³-hybridized carbons (Fsp3) is 0.412. The molecule has 0 aliphatic carbocycles. The van der Waals surface area contributed by atoms with Gasteiger partial charge in [-0.05, 0) is 30.0 Å². The number of urea groups is 1. The molecule has 1 fully saturated rings. The van der Waals surface area contributed by atoms with E-state index in [1.165, 1.54) is 0 Å². The second-order valence-electron chi connectivity index (χ2n) is 5.93. The molecule has 2 aromatic rings.